The van der Waals surface area contributed by atoms with Crippen molar-refractivity contribution in [2.24, 2.45) is 10.4 Å². The van der Waals surface area contributed by atoms with E-state index in [-0.39, 0.29) is 11.6 Å². The van der Waals surface area contributed by atoms with Gasteiger partial charge in [-0.2, -0.15) is 0 Å². The van der Waals surface area contributed by atoms with Gasteiger partial charge in [-0.1, -0.05) is 0 Å². The van der Waals surface area contributed by atoms with E-state index in [0.717, 1.165) is 39.9 Å². The lowest BCUT2D eigenvalue weighted by Crippen LogP contribution is -2.40. The van der Waals surface area contributed by atoms with E-state index in [1.165, 1.54) is 0 Å². The summed E-state index contributed by atoms with van der Waals surface area (Å²) in [7, 11) is 0. The van der Waals surface area contributed by atoms with Gasteiger partial charge in [0, 0.05) is 22.7 Å². The summed E-state index contributed by atoms with van der Waals surface area (Å²) in [6.45, 7) is 6.32. The van der Waals surface area contributed by atoms with Gasteiger partial charge in [0.25, 0.3) is 0 Å². The molecule has 0 saturated carbocycles. The van der Waals surface area contributed by atoms with Crippen molar-refractivity contribution in [2.75, 3.05) is 11.4 Å². The van der Waals surface area contributed by atoms with Crippen LogP contribution in [0.5, 0.6) is 0 Å². The van der Waals surface area contributed by atoms with Gasteiger partial charge in [0.1, 0.15) is 10.8 Å². The lowest BCUT2D eigenvalue weighted by Gasteiger charge is -2.29. The number of fused-ring (bicyclic) bond motifs is 2. The molecule has 1 unspecified atom stereocenters. The molecule has 122 valence electrons. The van der Waals surface area contributed by atoms with Crippen molar-refractivity contribution in [2.45, 2.75) is 27.2 Å². The Kier molecular flexibility index (Phi) is 3.25. The molecule has 1 atom stereocenters. The molecule has 0 amide bonds. The van der Waals surface area contributed by atoms with Crippen molar-refractivity contribution in [1.29, 1.82) is 0 Å². The van der Waals surface area contributed by atoms with Crippen LogP contribution in [0.4, 0.5) is 10.7 Å². The molecule has 1 aromatic carbocycles. The zero-order valence-corrected chi connectivity index (χ0v) is 14.7. The number of aryl methyl sites for hydroxylation is 1. The Bertz CT molecular complexity index is 895. The van der Waals surface area contributed by atoms with Gasteiger partial charge < -0.3 is 4.90 Å². The van der Waals surface area contributed by atoms with Gasteiger partial charge >= 0.3 is 0 Å². The fourth-order valence-corrected chi connectivity index (χ4v) is 4.39. The van der Waals surface area contributed by atoms with Crippen molar-refractivity contribution in [3.63, 3.8) is 0 Å². The van der Waals surface area contributed by atoms with Gasteiger partial charge in [-0.05, 0) is 57.5 Å². The molecule has 5 heteroatoms. The van der Waals surface area contributed by atoms with Crippen LogP contribution >= 0.6 is 11.3 Å². The van der Waals surface area contributed by atoms with Gasteiger partial charge in [-0.15, -0.1) is 11.3 Å². The number of carbonyl (C=O) groups is 2. The predicted octanol–water partition coefficient (Wildman–Crippen LogP) is 4.40. The average molecular weight is 338 g/mol. The molecular formula is C19H18N2O2S. The monoisotopic (exact) mass is 338 g/mol. The SMILES string of the molecule is CC(=O)c1ccc(N2CCC3(C)C(=O)c4cc(C)sc4N=C23)cc1. The summed E-state index contributed by atoms with van der Waals surface area (Å²) in [6, 6.07) is 9.49. The molecule has 4 rings (SSSR count). The maximum absolute atomic E-state index is 13.0. The lowest BCUT2D eigenvalue weighted by atomic mass is 9.79. The zero-order chi connectivity index (χ0) is 17.1. The molecule has 0 spiro atoms. The van der Waals surface area contributed by atoms with Crippen LogP contribution in [0.2, 0.25) is 0 Å². The highest BCUT2D eigenvalue weighted by Crippen LogP contribution is 2.47. The third kappa shape index (κ3) is 2.08. The summed E-state index contributed by atoms with van der Waals surface area (Å²) in [5.41, 5.74) is 1.88. The molecule has 24 heavy (non-hydrogen) atoms. The van der Waals surface area contributed by atoms with Crippen molar-refractivity contribution in [3.05, 3.63) is 46.3 Å². The Labute approximate surface area is 144 Å². The fourth-order valence-electron chi connectivity index (χ4n) is 3.52. The number of Topliss-reactive ketones (excluding diaryl/α,β-unsaturated/α-hetero) is 2. The van der Waals surface area contributed by atoms with E-state index in [2.05, 4.69) is 4.90 Å². The van der Waals surface area contributed by atoms with E-state index >= 15 is 0 Å². The number of aliphatic imine (C=N–C) groups is 1. The highest BCUT2D eigenvalue weighted by molar-refractivity contribution is 7.16. The maximum Gasteiger partial charge on any atom is 0.179 e. The third-order valence-electron chi connectivity index (χ3n) is 4.96. The third-order valence-corrected chi connectivity index (χ3v) is 5.90. The second-order valence-corrected chi connectivity index (χ2v) is 7.91. The quantitative estimate of drug-likeness (QED) is 0.763. The van der Waals surface area contributed by atoms with Gasteiger partial charge in [-0.3, -0.25) is 9.59 Å². The molecular weight excluding hydrogens is 320 g/mol. The molecule has 2 aliphatic rings. The first-order chi connectivity index (χ1) is 11.4. The van der Waals surface area contributed by atoms with Crippen LogP contribution < -0.4 is 4.90 Å². The van der Waals surface area contributed by atoms with Gasteiger partial charge in [0.2, 0.25) is 0 Å². The van der Waals surface area contributed by atoms with Crippen molar-refractivity contribution in [1.82, 2.24) is 0 Å². The molecule has 0 N–H and O–H groups in total. The van der Waals surface area contributed by atoms with Crippen LogP contribution in [0.3, 0.4) is 0 Å². The Morgan fingerprint density at radius 3 is 2.67 bits per heavy atom. The normalized spacial score (nSPS) is 22.2. The summed E-state index contributed by atoms with van der Waals surface area (Å²) in [4.78, 5) is 32.5. The van der Waals surface area contributed by atoms with Gasteiger partial charge in [0.15, 0.2) is 11.6 Å². The number of amidine groups is 1. The van der Waals surface area contributed by atoms with E-state index in [1.807, 2.05) is 44.2 Å². The first kappa shape index (κ1) is 15.3. The molecule has 0 aliphatic carbocycles. The minimum Gasteiger partial charge on any atom is -0.329 e. The number of carbonyl (C=O) groups excluding carboxylic acids is 2. The van der Waals surface area contributed by atoms with E-state index in [1.54, 1.807) is 18.3 Å². The number of nitrogens with zero attached hydrogens (tertiary/aromatic N) is 2. The molecule has 1 fully saturated rings. The van der Waals surface area contributed by atoms with E-state index < -0.39 is 5.41 Å². The number of hydrogen-bond donors (Lipinski definition) is 0. The summed E-state index contributed by atoms with van der Waals surface area (Å²) in [5, 5.41) is 0.817. The minimum atomic E-state index is -0.556. The molecule has 1 saturated heterocycles. The fraction of sp³-hybridized carbons (Fsp3) is 0.316. The van der Waals surface area contributed by atoms with Crippen LogP contribution in [0.25, 0.3) is 0 Å². The topological polar surface area (TPSA) is 49.7 Å². The molecule has 0 radical (unpaired) electrons. The first-order valence-corrected chi connectivity index (χ1v) is 8.85. The number of thiophene rings is 1. The molecule has 0 bridgehead atoms. The maximum atomic E-state index is 13.0. The van der Waals surface area contributed by atoms with Gasteiger partial charge in [0.05, 0.1) is 11.0 Å². The average Bonchev–Trinajstić information content (AvgIpc) is 3.09. The second kappa shape index (κ2) is 5.11. The van der Waals surface area contributed by atoms with E-state index in [9.17, 15) is 9.59 Å². The molecule has 4 nitrogen and oxygen atoms in total. The Morgan fingerprint density at radius 2 is 2.00 bits per heavy atom. The Morgan fingerprint density at radius 1 is 1.29 bits per heavy atom. The van der Waals surface area contributed by atoms with E-state index in [0.29, 0.717) is 5.56 Å². The zero-order valence-electron chi connectivity index (χ0n) is 13.9. The van der Waals surface area contributed by atoms with Crippen molar-refractivity contribution >= 4 is 39.4 Å². The minimum absolute atomic E-state index is 0.0525. The van der Waals surface area contributed by atoms with Crippen molar-refractivity contribution in [3.8, 4) is 0 Å². The van der Waals surface area contributed by atoms with Crippen LogP contribution in [0.15, 0.2) is 35.3 Å². The van der Waals surface area contributed by atoms with Crippen LogP contribution in [-0.2, 0) is 0 Å². The smallest absolute Gasteiger partial charge is 0.179 e. The number of rotatable bonds is 2. The standard InChI is InChI=1S/C19H18N2O2S/c1-11-10-15-16(23)19(3)8-9-21(18(19)20-17(15)24-11)14-6-4-13(5-7-14)12(2)22/h4-7,10H,8-9H2,1-3H3. The molecule has 2 aromatic rings. The number of ketones is 2. The first-order valence-electron chi connectivity index (χ1n) is 8.03. The summed E-state index contributed by atoms with van der Waals surface area (Å²) >= 11 is 1.57. The van der Waals surface area contributed by atoms with E-state index in [4.69, 9.17) is 4.99 Å². The van der Waals surface area contributed by atoms with Crippen molar-refractivity contribution < 1.29 is 9.59 Å². The van der Waals surface area contributed by atoms with Crippen LogP contribution in [0.1, 0.15) is 45.9 Å². The molecule has 2 aliphatic heterocycles. The summed E-state index contributed by atoms with van der Waals surface area (Å²) in [6.07, 6.45) is 0.757. The summed E-state index contributed by atoms with van der Waals surface area (Å²) in [5.74, 6) is 1.06. The highest BCUT2D eigenvalue weighted by Gasteiger charge is 2.50. The number of hydrogen-bond acceptors (Lipinski definition) is 5. The van der Waals surface area contributed by atoms with Crippen LogP contribution in [-0.4, -0.2) is 23.9 Å². The van der Waals surface area contributed by atoms with Crippen LogP contribution in [0, 0.1) is 12.3 Å². The molecule has 3 heterocycles. The Balaban J connectivity index is 1.79. The molecule has 1 aromatic heterocycles. The number of benzene rings is 1. The second-order valence-electron chi connectivity index (χ2n) is 6.68. The predicted molar refractivity (Wildman–Crippen MR) is 97.0 cm³/mol. The lowest BCUT2D eigenvalue weighted by molar-refractivity contribution is 0.0887. The number of anilines is 1. The Hall–Kier alpha value is -2.27. The highest BCUT2D eigenvalue weighted by atomic mass is 32.1. The summed E-state index contributed by atoms with van der Waals surface area (Å²) < 4.78 is 0. The largest absolute Gasteiger partial charge is 0.329 e. The van der Waals surface area contributed by atoms with Gasteiger partial charge in [-0.25, -0.2) is 4.99 Å².